The molecule has 0 bridgehead atoms. The third-order valence-corrected chi connectivity index (χ3v) is 4.24. The molecule has 0 aliphatic carbocycles. The van der Waals surface area contributed by atoms with Gasteiger partial charge >= 0.3 is 11.4 Å². The Balaban J connectivity index is 1.84. The fourth-order valence-electron chi connectivity index (χ4n) is 2.58. The molecule has 3 aromatic rings. The van der Waals surface area contributed by atoms with E-state index in [1.165, 1.54) is 4.57 Å². The van der Waals surface area contributed by atoms with Crippen molar-refractivity contribution in [2.45, 2.75) is 19.9 Å². The molecule has 5 nitrogen and oxygen atoms in total. The van der Waals surface area contributed by atoms with Crippen LogP contribution < -0.4 is 16.1 Å². The van der Waals surface area contributed by atoms with Gasteiger partial charge in [-0.2, -0.15) is 0 Å². The lowest BCUT2D eigenvalue weighted by molar-refractivity contribution is 0.296. The van der Waals surface area contributed by atoms with Gasteiger partial charge in [-0.15, -0.1) is 0 Å². The van der Waals surface area contributed by atoms with Gasteiger partial charge in [0.25, 0.3) is 0 Å². The van der Waals surface area contributed by atoms with Crippen molar-refractivity contribution in [3.8, 4) is 5.75 Å². The molecule has 0 aliphatic heterocycles. The molecule has 0 atom stereocenters. The van der Waals surface area contributed by atoms with Crippen LogP contribution in [0.15, 0.2) is 60.9 Å². The summed E-state index contributed by atoms with van der Waals surface area (Å²) in [7, 11) is 0. The number of halogens is 1. The molecule has 124 valence electrons. The van der Waals surface area contributed by atoms with Crippen molar-refractivity contribution in [3.05, 3.63) is 73.5 Å². The molecule has 0 spiro atoms. The first-order valence-electron chi connectivity index (χ1n) is 7.58. The van der Waals surface area contributed by atoms with Crippen molar-refractivity contribution >= 4 is 26.8 Å². The first kappa shape index (κ1) is 16.5. The molecular formula is C18H16BrNO4. The van der Waals surface area contributed by atoms with Crippen LogP contribution in [0.1, 0.15) is 12.0 Å². The molecule has 3 rings (SSSR count). The Morgan fingerprint density at radius 3 is 2.67 bits per heavy atom. The van der Waals surface area contributed by atoms with Gasteiger partial charge < -0.3 is 9.15 Å². The van der Waals surface area contributed by atoms with E-state index in [0.29, 0.717) is 34.9 Å². The van der Waals surface area contributed by atoms with Gasteiger partial charge in [-0.05, 0) is 59.1 Å². The molecule has 24 heavy (non-hydrogen) atoms. The second-order valence-corrected chi connectivity index (χ2v) is 6.32. The molecule has 0 saturated heterocycles. The first-order chi connectivity index (χ1) is 11.6. The maximum absolute atomic E-state index is 12.1. The van der Waals surface area contributed by atoms with E-state index in [0.717, 1.165) is 11.3 Å². The number of ether oxygens (including phenoxy) is 1. The zero-order valence-corrected chi connectivity index (χ0v) is 14.7. The molecule has 0 radical (unpaired) electrons. The summed E-state index contributed by atoms with van der Waals surface area (Å²) >= 11 is 3.44. The largest absolute Gasteiger partial charge is 0.494 e. The average Bonchev–Trinajstić information content (AvgIpc) is 2.55. The van der Waals surface area contributed by atoms with Crippen LogP contribution in [0.25, 0.3) is 10.9 Å². The average molecular weight is 390 g/mol. The number of aromatic nitrogens is 1. The SMILES string of the molecule is Cc1cc(Br)c2c(c1)c(=O)oc(=O)n2CCCOc1ccccc1. The van der Waals surface area contributed by atoms with Crippen molar-refractivity contribution in [2.24, 2.45) is 0 Å². The van der Waals surface area contributed by atoms with Crippen LogP contribution in [0.2, 0.25) is 0 Å². The number of aryl methyl sites for hydroxylation is 2. The van der Waals surface area contributed by atoms with Crippen molar-refractivity contribution in [1.82, 2.24) is 4.57 Å². The second kappa shape index (κ2) is 7.05. The summed E-state index contributed by atoms with van der Waals surface area (Å²) in [6.07, 6.45) is 0.609. The summed E-state index contributed by atoms with van der Waals surface area (Å²) in [6, 6.07) is 13.1. The molecule has 0 saturated carbocycles. The number of nitrogens with zero attached hydrogens (tertiary/aromatic N) is 1. The lowest BCUT2D eigenvalue weighted by Crippen LogP contribution is -2.26. The van der Waals surface area contributed by atoms with Crippen molar-refractivity contribution in [1.29, 1.82) is 0 Å². The standard InChI is InChI=1S/C18H16BrNO4/c1-12-10-14-16(15(19)11-12)20(18(22)24-17(14)21)8-5-9-23-13-6-3-2-4-7-13/h2-4,6-7,10-11H,5,8-9H2,1H3. The normalized spacial score (nSPS) is 10.9. The second-order valence-electron chi connectivity index (χ2n) is 5.47. The number of para-hydroxylation sites is 1. The highest BCUT2D eigenvalue weighted by Gasteiger charge is 2.13. The van der Waals surface area contributed by atoms with E-state index in [1.54, 1.807) is 6.07 Å². The van der Waals surface area contributed by atoms with E-state index in [4.69, 9.17) is 9.15 Å². The fourth-order valence-corrected chi connectivity index (χ4v) is 3.37. The van der Waals surface area contributed by atoms with E-state index >= 15 is 0 Å². The summed E-state index contributed by atoms with van der Waals surface area (Å²) in [5, 5.41) is 0.394. The van der Waals surface area contributed by atoms with Crippen LogP contribution in [-0.2, 0) is 6.54 Å². The lowest BCUT2D eigenvalue weighted by Gasteiger charge is -2.11. The molecule has 2 aromatic carbocycles. The predicted octanol–water partition coefficient (Wildman–Crippen LogP) is 3.49. The summed E-state index contributed by atoms with van der Waals surface area (Å²) in [4.78, 5) is 24.0. The van der Waals surface area contributed by atoms with Crippen molar-refractivity contribution in [2.75, 3.05) is 6.61 Å². The van der Waals surface area contributed by atoms with Gasteiger partial charge in [-0.1, -0.05) is 18.2 Å². The first-order valence-corrected chi connectivity index (χ1v) is 8.37. The number of hydrogen-bond acceptors (Lipinski definition) is 4. The van der Waals surface area contributed by atoms with Gasteiger partial charge in [0.1, 0.15) is 5.75 Å². The van der Waals surface area contributed by atoms with Crippen molar-refractivity contribution in [3.63, 3.8) is 0 Å². The molecule has 0 fully saturated rings. The van der Waals surface area contributed by atoms with E-state index in [2.05, 4.69) is 15.9 Å². The van der Waals surface area contributed by atoms with Crippen LogP contribution in [0.5, 0.6) is 5.75 Å². The van der Waals surface area contributed by atoms with Gasteiger partial charge in [-0.3, -0.25) is 4.57 Å². The fraction of sp³-hybridized carbons (Fsp3) is 0.222. The third kappa shape index (κ3) is 3.43. The number of benzene rings is 2. The Labute approximate surface area is 146 Å². The lowest BCUT2D eigenvalue weighted by atomic mass is 10.2. The van der Waals surface area contributed by atoms with Crippen molar-refractivity contribution < 1.29 is 9.15 Å². The number of fused-ring (bicyclic) bond motifs is 1. The zero-order chi connectivity index (χ0) is 17.1. The van der Waals surface area contributed by atoms with Crippen LogP contribution in [-0.4, -0.2) is 11.2 Å². The van der Waals surface area contributed by atoms with E-state index in [-0.39, 0.29) is 0 Å². The molecule has 0 aliphatic rings. The third-order valence-electron chi connectivity index (χ3n) is 3.64. The Morgan fingerprint density at radius 1 is 1.17 bits per heavy atom. The van der Waals surface area contributed by atoms with Crippen LogP contribution in [0, 0.1) is 6.92 Å². The van der Waals surface area contributed by atoms with E-state index < -0.39 is 11.4 Å². The number of hydrogen-bond donors (Lipinski definition) is 0. The Bertz CT molecular complexity index is 976. The minimum absolute atomic E-state index is 0.394. The van der Waals surface area contributed by atoms with Gasteiger partial charge in [0.15, 0.2) is 0 Å². The molecule has 0 N–H and O–H groups in total. The maximum Gasteiger partial charge on any atom is 0.422 e. The summed E-state index contributed by atoms with van der Waals surface area (Å²) in [5.74, 6) is 0.128. The smallest absolute Gasteiger partial charge is 0.422 e. The van der Waals surface area contributed by atoms with Gasteiger partial charge in [0.2, 0.25) is 0 Å². The highest BCUT2D eigenvalue weighted by Crippen LogP contribution is 2.23. The maximum atomic E-state index is 12.1. The highest BCUT2D eigenvalue weighted by atomic mass is 79.9. The van der Waals surface area contributed by atoms with Gasteiger partial charge in [0, 0.05) is 11.0 Å². The number of rotatable bonds is 5. The summed E-state index contributed by atoms with van der Waals surface area (Å²) < 4.78 is 12.6. The van der Waals surface area contributed by atoms with E-state index in [1.807, 2.05) is 43.3 Å². The zero-order valence-electron chi connectivity index (χ0n) is 13.1. The van der Waals surface area contributed by atoms with E-state index in [9.17, 15) is 9.59 Å². The Kier molecular flexibility index (Phi) is 4.85. The summed E-state index contributed by atoms with van der Waals surface area (Å²) in [5.41, 5.74) is 0.858. The molecule has 6 heteroatoms. The quantitative estimate of drug-likeness (QED) is 0.626. The van der Waals surface area contributed by atoms with Gasteiger partial charge in [0.05, 0.1) is 17.5 Å². The summed E-state index contributed by atoms with van der Waals surface area (Å²) in [6.45, 7) is 2.74. The molecule has 0 unspecified atom stereocenters. The van der Waals surface area contributed by atoms with Gasteiger partial charge in [-0.25, -0.2) is 9.59 Å². The topological polar surface area (TPSA) is 61.4 Å². The molecule has 0 amide bonds. The van der Waals surface area contributed by atoms with Crippen LogP contribution >= 0.6 is 15.9 Å². The monoisotopic (exact) mass is 389 g/mol. The van der Waals surface area contributed by atoms with Crippen LogP contribution in [0.4, 0.5) is 0 Å². The Morgan fingerprint density at radius 2 is 1.92 bits per heavy atom. The minimum Gasteiger partial charge on any atom is -0.494 e. The molecule has 1 aromatic heterocycles. The highest BCUT2D eigenvalue weighted by molar-refractivity contribution is 9.10. The molecular weight excluding hydrogens is 374 g/mol. The predicted molar refractivity (Wildman–Crippen MR) is 95.7 cm³/mol. The minimum atomic E-state index is -0.656. The van der Waals surface area contributed by atoms with Crippen LogP contribution in [0.3, 0.4) is 0 Å². The molecule has 1 heterocycles. The Hall–Kier alpha value is -2.34.